The van der Waals surface area contributed by atoms with Crippen LogP contribution >= 0.6 is 35.0 Å². The third-order valence-electron chi connectivity index (χ3n) is 6.33. The highest BCUT2D eigenvalue weighted by Crippen LogP contribution is 2.33. The van der Waals surface area contributed by atoms with Gasteiger partial charge in [-0.2, -0.15) is 0 Å². The van der Waals surface area contributed by atoms with Gasteiger partial charge in [-0.05, 0) is 73.7 Å². The quantitative estimate of drug-likeness (QED) is 0.236. The molecule has 220 valence electrons. The van der Waals surface area contributed by atoms with Crippen LogP contribution in [0.4, 0.5) is 5.69 Å². The number of anilines is 1. The van der Waals surface area contributed by atoms with Gasteiger partial charge < -0.3 is 15.0 Å². The summed E-state index contributed by atoms with van der Waals surface area (Å²) in [5, 5.41) is 3.25. The molecule has 0 radical (unpaired) electrons. The molecule has 41 heavy (non-hydrogen) atoms. The Labute approximate surface area is 256 Å². The summed E-state index contributed by atoms with van der Waals surface area (Å²) >= 11 is 13.8. The van der Waals surface area contributed by atoms with Crippen LogP contribution in [-0.2, 0) is 26.2 Å². The number of para-hydroxylation sites is 2. The predicted octanol–water partition coefficient (Wildman–Crippen LogP) is 5.86. The van der Waals surface area contributed by atoms with Gasteiger partial charge in [-0.15, -0.1) is 11.8 Å². The average Bonchev–Trinajstić information content (AvgIpc) is 2.97. The Morgan fingerprint density at radius 3 is 2.27 bits per heavy atom. The van der Waals surface area contributed by atoms with E-state index < -0.39 is 28.5 Å². The smallest absolute Gasteiger partial charge is 0.264 e. The lowest BCUT2D eigenvalue weighted by Crippen LogP contribution is -2.51. The van der Waals surface area contributed by atoms with Crippen LogP contribution in [0.5, 0.6) is 5.75 Å². The maximum Gasteiger partial charge on any atom is 0.264 e. The summed E-state index contributed by atoms with van der Waals surface area (Å²) in [6.07, 6.45) is 2.19. The highest BCUT2D eigenvalue weighted by Gasteiger charge is 2.34. The summed E-state index contributed by atoms with van der Waals surface area (Å²) in [5.74, 6) is -0.652. The Morgan fingerprint density at radius 2 is 1.68 bits per heavy atom. The number of nitrogens with one attached hydrogen (secondary N) is 1. The molecule has 12 heteroatoms. The Hall–Kier alpha value is -2.92. The van der Waals surface area contributed by atoms with Crippen LogP contribution in [-0.4, -0.2) is 57.6 Å². The molecule has 0 heterocycles. The monoisotopic (exact) mass is 637 g/mol. The van der Waals surface area contributed by atoms with Crippen molar-refractivity contribution in [3.8, 4) is 5.75 Å². The number of carbonyl (C=O) groups excluding carboxylic acids is 2. The van der Waals surface area contributed by atoms with Crippen LogP contribution in [0.3, 0.4) is 0 Å². The molecular weight excluding hydrogens is 605 g/mol. The third kappa shape index (κ3) is 7.88. The fraction of sp³-hybridized carbons (Fsp3) is 0.310. The van der Waals surface area contributed by atoms with E-state index in [2.05, 4.69) is 5.32 Å². The van der Waals surface area contributed by atoms with Crippen molar-refractivity contribution in [1.29, 1.82) is 0 Å². The second-order valence-electron chi connectivity index (χ2n) is 8.90. The van der Waals surface area contributed by atoms with E-state index in [0.29, 0.717) is 34.4 Å². The molecule has 0 aliphatic heterocycles. The third-order valence-corrected chi connectivity index (χ3v) is 9.59. The summed E-state index contributed by atoms with van der Waals surface area (Å²) in [6.45, 7) is 3.28. The zero-order valence-corrected chi connectivity index (χ0v) is 26.4. The molecule has 0 saturated heterocycles. The van der Waals surface area contributed by atoms with Crippen molar-refractivity contribution in [2.45, 2.75) is 42.6 Å². The Morgan fingerprint density at radius 1 is 1.00 bits per heavy atom. The average molecular weight is 639 g/mol. The van der Waals surface area contributed by atoms with E-state index in [0.717, 1.165) is 9.20 Å². The first-order valence-corrected chi connectivity index (χ1v) is 16.3. The Kier molecular flexibility index (Phi) is 11.8. The number of rotatable bonds is 13. The second-order valence-corrected chi connectivity index (χ2v) is 12.5. The minimum Gasteiger partial charge on any atom is -0.492 e. The van der Waals surface area contributed by atoms with Gasteiger partial charge >= 0.3 is 0 Å². The number of hydrogen-bond acceptors (Lipinski definition) is 6. The first-order chi connectivity index (χ1) is 19.6. The molecule has 0 aliphatic rings. The van der Waals surface area contributed by atoms with E-state index in [9.17, 15) is 18.0 Å². The second kappa shape index (κ2) is 14.8. The summed E-state index contributed by atoms with van der Waals surface area (Å²) in [5.41, 5.74) is 0.839. The van der Waals surface area contributed by atoms with Gasteiger partial charge in [-0.3, -0.25) is 13.9 Å². The fourth-order valence-electron chi connectivity index (χ4n) is 4.25. The van der Waals surface area contributed by atoms with Gasteiger partial charge in [0.15, 0.2) is 0 Å². The molecule has 3 aromatic carbocycles. The molecule has 0 bridgehead atoms. The van der Waals surface area contributed by atoms with Gasteiger partial charge in [-0.1, -0.05) is 48.3 Å². The summed E-state index contributed by atoms with van der Waals surface area (Å²) in [7, 11) is -2.75. The van der Waals surface area contributed by atoms with Crippen LogP contribution < -0.4 is 14.4 Å². The maximum atomic E-state index is 14.1. The van der Waals surface area contributed by atoms with E-state index in [1.165, 1.54) is 35.8 Å². The minimum absolute atomic E-state index is 0.00502. The van der Waals surface area contributed by atoms with E-state index in [4.69, 9.17) is 27.9 Å². The molecule has 2 amide bonds. The lowest BCUT2D eigenvalue weighted by atomic mass is 10.1. The fourth-order valence-corrected chi connectivity index (χ4v) is 6.40. The number of sulfonamides is 1. The molecule has 3 aromatic rings. The van der Waals surface area contributed by atoms with Crippen molar-refractivity contribution in [3.05, 3.63) is 82.3 Å². The van der Waals surface area contributed by atoms with Crippen molar-refractivity contribution in [2.75, 3.05) is 30.8 Å². The number of likely N-dealkylation sites (N-methyl/N-ethyl adjacent to an activating group) is 1. The molecule has 0 saturated carbocycles. The zero-order valence-electron chi connectivity index (χ0n) is 23.3. The first kappa shape index (κ1) is 32.6. The number of carbonyl (C=O) groups is 2. The maximum absolute atomic E-state index is 14.1. The molecule has 0 spiro atoms. The molecule has 0 aliphatic carbocycles. The van der Waals surface area contributed by atoms with E-state index in [1.807, 2.05) is 6.26 Å². The topological polar surface area (TPSA) is 96.0 Å². The van der Waals surface area contributed by atoms with Crippen LogP contribution in [0.1, 0.15) is 25.8 Å². The number of benzene rings is 3. The minimum atomic E-state index is -4.23. The van der Waals surface area contributed by atoms with Gasteiger partial charge in [0.2, 0.25) is 11.8 Å². The number of ether oxygens (including phenoxy) is 1. The first-order valence-electron chi connectivity index (χ1n) is 12.9. The summed E-state index contributed by atoms with van der Waals surface area (Å²) < 4.78 is 35.0. The largest absolute Gasteiger partial charge is 0.492 e. The van der Waals surface area contributed by atoms with Gasteiger partial charge in [0.05, 0.1) is 27.2 Å². The highest BCUT2D eigenvalue weighted by molar-refractivity contribution is 7.98. The number of nitrogens with zero attached hydrogens (tertiary/aromatic N) is 2. The number of amides is 2. The summed E-state index contributed by atoms with van der Waals surface area (Å²) in [6, 6.07) is 17.1. The van der Waals surface area contributed by atoms with Crippen LogP contribution in [0.2, 0.25) is 10.0 Å². The van der Waals surface area contributed by atoms with E-state index in [-0.39, 0.29) is 23.0 Å². The molecule has 8 nitrogen and oxygen atoms in total. The highest BCUT2D eigenvalue weighted by atomic mass is 35.5. The van der Waals surface area contributed by atoms with E-state index >= 15 is 0 Å². The van der Waals surface area contributed by atoms with Crippen molar-refractivity contribution in [1.82, 2.24) is 10.2 Å². The molecule has 0 unspecified atom stereocenters. The zero-order chi connectivity index (χ0) is 30.2. The normalized spacial score (nSPS) is 12.0. The Bertz CT molecular complexity index is 1470. The van der Waals surface area contributed by atoms with Gasteiger partial charge in [0.25, 0.3) is 10.0 Å². The lowest BCUT2D eigenvalue weighted by molar-refractivity contribution is -0.140. The van der Waals surface area contributed by atoms with Gasteiger partial charge in [-0.25, -0.2) is 8.42 Å². The molecule has 0 fully saturated rings. The van der Waals surface area contributed by atoms with Crippen LogP contribution in [0, 0.1) is 0 Å². The number of thioether (sulfide) groups is 1. The van der Waals surface area contributed by atoms with Gasteiger partial charge in [0, 0.05) is 18.5 Å². The molecule has 1 atom stereocenters. The molecule has 0 aromatic heterocycles. The van der Waals surface area contributed by atoms with Crippen molar-refractivity contribution in [3.63, 3.8) is 0 Å². The van der Waals surface area contributed by atoms with Crippen molar-refractivity contribution in [2.24, 2.45) is 0 Å². The predicted molar refractivity (Wildman–Crippen MR) is 166 cm³/mol. The molecule has 1 N–H and O–H groups in total. The van der Waals surface area contributed by atoms with Crippen molar-refractivity contribution >= 4 is 62.5 Å². The SMILES string of the molecule is CCOc1ccccc1N(CC(=O)N(Cc1ccc(Cl)c(Cl)c1)[C@@H](CC)C(=O)NC)S(=O)(=O)c1ccc(SC)cc1. The summed E-state index contributed by atoms with van der Waals surface area (Å²) in [4.78, 5) is 29.2. The molecule has 3 rings (SSSR count). The Balaban J connectivity index is 2.12. The lowest BCUT2D eigenvalue weighted by Gasteiger charge is -2.33. The van der Waals surface area contributed by atoms with Crippen LogP contribution in [0.25, 0.3) is 0 Å². The standard InChI is InChI=1S/C29H33Cl2N3O5S2/c1-5-25(29(36)32-3)33(18-20-11-16-23(30)24(31)17-20)28(35)19-34(26-9-7-8-10-27(26)39-6-2)41(37,38)22-14-12-21(40-4)13-15-22/h7-17,25H,5-6,18-19H2,1-4H3,(H,32,36)/t25-/m0/s1. The molecular formula is C29H33Cl2N3O5S2. The van der Waals surface area contributed by atoms with Crippen molar-refractivity contribution < 1.29 is 22.7 Å². The number of hydrogen-bond donors (Lipinski definition) is 1. The number of halogens is 2. The van der Waals surface area contributed by atoms with Crippen LogP contribution in [0.15, 0.2) is 76.5 Å². The van der Waals surface area contributed by atoms with Gasteiger partial charge in [0.1, 0.15) is 18.3 Å². The van der Waals surface area contributed by atoms with E-state index in [1.54, 1.807) is 68.4 Å².